The van der Waals surface area contributed by atoms with Crippen LogP contribution < -0.4 is 10.1 Å². The third-order valence-electron chi connectivity index (χ3n) is 4.18. The second-order valence-corrected chi connectivity index (χ2v) is 5.66. The molecule has 2 aliphatic heterocycles. The minimum absolute atomic E-state index is 0.345. The molecule has 4 heteroatoms. The van der Waals surface area contributed by atoms with Crippen LogP contribution in [0.1, 0.15) is 12.0 Å². The summed E-state index contributed by atoms with van der Waals surface area (Å²) in [6, 6.07) is 11.2. The molecule has 1 aromatic heterocycles. The average Bonchev–Trinajstić information content (AvgIpc) is 2.53. The van der Waals surface area contributed by atoms with Crippen LogP contribution in [0, 0.1) is 0 Å². The van der Waals surface area contributed by atoms with E-state index >= 15 is 0 Å². The zero-order chi connectivity index (χ0) is 14.2. The molecule has 0 spiro atoms. The standard InChI is InChI=1S/C17H18N2O2/c1-20-17-5-3-12-6-11(2-4-16(12)19-17)13-7-14-9-21-10-15(8-13)18-14/h2-7,14-15,18H,8-10H2,1H3. The highest BCUT2D eigenvalue weighted by Crippen LogP contribution is 2.29. The van der Waals surface area contributed by atoms with Crippen molar-refractivity contribution in [2.24, 2.45) is 0 Å². The number of benzene rings is 1. The van der Waals surface area contributed by atoms with Gasteiger partial charge < -0.3 is 14.8 Å². The molecule has 0 saturated carbocycles. The van der Waals surface area contributed by atoms with Crippen molar-refractivity contribution in [2.75, 3.05) is 20.3 Å². The number of methoxy groups -OCH3 is 1. The molecule has 2 aliphatic rings. The SMILES string of the molecule is COc1ccc2cc(C3=CC4COCC(C3)N4)ccc2n1. The van der Waals surface area contributed by atoms with Crippen LogP contribution in [0.5, 0.6) is 5.88 Å². The number of nitrogens with one attached hydrogen (secondary N) is 1. The summed E-state index contributed by atoms with van der Waals surface area (Å²) < 4.78 is 10.8. The van der Waals surface area contributed by atoms with Crippen LogP contribution in [-0.4, -0.2) is 37.4 Å². The van der Waals surface area contributed by atoms with Crippen LogP contribution >= 0.6 is 0 Å². The van der Waals surface area contributed by atoms with Crippen LogP contribution in [0.25, 0.3) is 16.5 Å². The molecule has 4 nitrogen and oxygen atoms in total. The van der Waals surface area contributed by atoms with Crippen molar-refractivity contribution in [3.63, 3.8) is 0 Å². The summed E-state index contributed by atoms with van der Waals surface area (Å²) in [6.45, 7) is 1.58. The fraction of sp³-hybridized carbons (Fsp3) is 0.353. The molecule has 2 unspecified atom stereocenters. The van der Waals surface area contributed by atoms with Crippen LogP contribution in [-0.2, 0) is 4.74 Å². The molecular formula is C17H18N2O2. The van der Waals surface area contributed by atoms with E-state index in [4.69, 9.17) is 9.47 Å². The topological polar surface area (TPSA) is 43.4 Å². The first-order chi connectivity index (χ1) is 10.3. The average molecular weight is 282 g/mol. The summed E-state index contributed by atoms with van der Waals surface area (Å²) in [4.78, 5) is 4.46. The van der Waals surface area contributed by atoms with Crippen molar-refractivity contribution in [3.05, 3.63) is 42.0 Å². The molecule has 2 atom stereocenters. The highest BCUT2D eigenvalue weighted by atomic mass is 16.5. The van der Waals surface area contributed by atoms with E-state index in [1.54, 1.807) is 7.11 Å². The van der Waals surface area contributed by atoms with Crippen molar-refractivity contribution in [3.8, 4) is 5.88 Å². The lowest BCUT2D eigenvalue weighted by Gasteiger charge is -2.35. The summed E-state index contributed by atoms with van der Waals surface area (Å²) in [5.41, 5.74) is 3.66. The minimum Gasteiger partial charge on any atom is -0.481 e. The Balaban J connectivity index is 1.72. The van der Waals surface area contributed by atoms with Gasteiger partial charge in [0, 0.05) is 23.5 Å². The zero-order valence-electron chi connectivity index (χ0n) is 12.0. The van der Waals surface area contributed by atoms with E-state index in [0.29, 0.717) is 18.0 Å². The Morgan fingerprint density at radius 3 is 3.05 bits per heavy atom. The lowest BCUT2D eigenvalue weighted by molar-refractivity contribution is 0.0561. The van der Waals surface area contributed by atoms with Gasteiger partial charge >= 0.3 is 0 Å². The molecule has 2 aromatic rings. The molecule has 1 saturated heterocycles. The van der Waals surface area contributed by atoms with Gasteiger partial charge in [0.25, 0.3) is 0 Å². The van der Waals surface area contributed by atoms with E-state index in [2.05, 4.69) is 40.6 Å². The first kappa shape index (κ1) is 12.8. The van der Waals surface area contributed by atoms with Gasteiger partial charge in [-0.2, -0.15) is 0 Å². The number of aromatic nitrogens is 1. The Bertz CT molecular complexity index is 711. The number of ether oxygens (including phenoxy) is 2. The number of hydrogen-bond donors (Lipinski definition) is 1. The number of pyridine rings is 1. The van der Waals surface area contributed by atoms with Gasteiger partial charge in [-0.1, -0.05) is 12.1 Å². The predicted molar refractivity (Wildman–Crippen MR) is 82.4 cm³/mol. The number of nitrogens with zero attached hydrogens (tertiary/aromatic N) is 1. The highest BCUT2D eigenvalue weighted by Gasteiger charge is 2.26. The number of hydrogen-bond acceptors (Lipinski definition) is 4. The van der Waals surface area contributed by atoms with E-state index < -0.39 is 0 Å². The smallest absolute Gasteiger partial charge is 0.213 e. The molecule has 4 rings (SSSR count). The van der Waals surface area contributed by atoms with Crippen LogP contribution in [0.4, 0.5) is 0 Å². The predicted octanol–water partition coefficient (Wildman–Crippen LogP) is 2.39. The third-order valence-corrected chi connectivity index (χ3v) is 4.18. The molecule has 108 valence electrons. The van der Waals surface area contributed by atoms with Crippen molar-refractivity contribution < 1.29 is 9.47 Å². The molecule has 1 fully saturated rings. The molecular weight excluding hydrogens is 264 g/mol. The molecule has 0 aliphatic carbocycles. The van der Waals surface area contributed by atoms with Gasteiger partial charge in [-0.15, -0.1) is 0 Å². The van der Waals surface area contributed by atoms with Crippen molar-refractivity contribution in [2.45, 2.75) is 18.5 Å². The Kier molecular flexibility index (Phi) is 3.13. The van der Waals surface area contributed by atoms with Crippen molar-refractivity contribution in [1.29, 1.82) is 0 Å². The quantitative estimate of drug-likeness (QED) is 0.918. The Morgan fingerprint density at radius 1 is 1.24 bits per heavy atom. The summed E-state index contributed by atoms with van der Waals surface area (Å²) in [6.07, 6.45) is 3.32. The lowest BCUT2D eigenvalue weighted by Crippen LogP contribution is -2.50. The van der Waals surface area contributed by atoms with E-state index in [9.17, 15) is 0 Å². The molecule has 21 heavy (non-hydrogen) atoms. The molecule has 2 bridgehead atoms. The number of rotatable bonds is 2. The van der Waals surface area contributed by atoms with Gasteiger partial charge in [0.05, 0.1) is 25.8 Å². The third kappa shape index (κ3) is 2.41. The van der Waals surface area contributed by atoms with Crippen LogP contribution in [0.3, 0.4) is 0 Å². The Morgan fingerprint density at radius 2 is 2.19 bits per heavy atom. The second kappa shape index (κ2) is 5.13. The summed E-state index contributed by atoms with van der Waals surface area (Å²) in [7, 11) is 1.64. The number of morpholine rings is 1. The monoisotopic (exact) mass is 282 g/mol. The van der Waals surface area contributed by atoms with Crippen LogP contribution in [0.15, 0.2) is 36.4 Å². The molecule has 0 amide bonds. The van der Waals surface area contributed by atoms with E-state index in [-0.39, 0.29) is 0 Å². The maximum atomic E-state index is 5.59. The highest BCUT2D eigenvalue weighted by molar-refractivity contribution is 5.84. The minimum atomic E-state index is 0.345. The second-order valence-electron chi connectivity index (χ2n) is 5.66. The fourth-order valence-corrected chi connectivity index (χ4v) is 3.16. The molecule has 1 aromatic carbocycles. The fourth-order valence-electron chi connectivity index (χ4n) is 3.16. The molecule has 3 heterocycles. The maximum Gasteiger partial charge on any atom is 0.213 e. The first-order valence-corrected chi connectivity index (χ1v) is 7.31. The summed E-state index contributed by atoms with van der Waals surface area (Å²) in [5.74, 6) is 0.656. The van der Waals surface area contributed by atoms with Crippen molar-refractivity contribution in [1.82, 2.24) is 10.3 Å². The van der Waals surface area contributed by atoms with E-state index in [1.807, 2.05) is 6.07 Å². The number of fused-ring (bicyclic) bond motifs is 3. The summed E-state index contributed by atoms with van der Waals surface area (Å²) in [5, 5.41) is 4.72. The Labute approximate surface area is 123 Å². The van der Waals surface area contributed by atoms with Gasteiger partial charge in [-0.3, -0.25) is 0 Å². The van der Waals surface area contributed by atoms with Crippen molar-refractivity contribution >= 4 is 16.5 Å². The first-order valence-electron chi connectivity index (χ1n) is 7.31. The van der Waals surface area contributed by atoms with E-state index in [0.717, 1.165) is 30.5 Å². The largest absolute Gasteiger partial charge is 0.481 e. The molecule has 1 N–H and O–H groups in total. The van der Waals surface area contributed by atoms with Gasteiger partial charge in [0.2, 0.25) is 5.88 Å². The lowest BCUT2D eigenvalue weighted by atomic mass is 9.91. The normalized spacial score (nSPS) is 24.7. The summed E-state index contributed by atoms with van der Waals surface area (Å²) >= 11 is 0. The Hall–Kier alpha value is -1.91. The van der Waals surface area contributed by atoms with Gasteiger partial charge in [0.1, 0.15) is 0 Å². The van der Waals surface area contributed by atoms with Gasteiger partial charge in [0.15, 0.2) is 0 Å². The van der Waals surface area contributed by atoms with E-state index in [1.165, 1.54) is 11.1 Å². The maximum absolute atomic E-state index is 5.59. The van der Waals surface area contributed by atoms with Gasteiger partial charge in [-0.25, -0.2) is 4.98 Å². The zero-order valence-corrected chi connectivity index (χ0v) is 12.0. The van der Waals surface area contributed by atoms with Crippen LogP contribution in [0.2, 0.25) is 0 Å². The molecule has 0 radical (unpaired) electrons. The van der Waals surface area contributed by atoms with Gasteiger partial charge in [-0.05, 0) is 35.8 Å².